The van der Waals surface area contributed by atoms with E-state index in [4.69, 9.17) is 9.15 Å². The molecule has 9 nitrogen and oxygen atoms in total. The number of aromatic nitrogens is 3. The van der Waals surface area contributed by atoms with Gasteiger partial charge in [-0.2, -0.15) is 26.3 Å². The monoisotopic (exact) mass is 571 g/mol. The predicted octanol–water partition coefficient (Wildman–Crippen LogP) is 6.82. The SMILES string of the molecule is CC1(C)C/C=C\CC(OCc2ccccc2)(C(F)(F)F)c2nnc(o2)-c2nc(c(C(F)(F)F)cc2[N+](=O)[O-])NC1. The van der Waals surface area contributed by atoms with Gasteiger partial charge in [-0.05, 0) is 17.4 Å². The van der Waals surface area contributed by atoms with Crippen molar-refractivity contribution in [3.05, 3.63) is 75.7 Å². The predicted molar refractivity (Wildman–Crippen MR) is 129 cm³/mol. The second kappa shape index (κ2) is 10.5. The van der Waals surface area contributed by atoms with Gasteiger partial charge in [0.25, 0.3) is 11.8 Å². The van der Waals surface area contributed by atoms with E-state index in [2.05, 4.69) is 20.5 Å². The molecule has 0 spiro atoms. The van der Waals surface area contributed by atoms with Crippen LogP contribution in [0.15, 0.2) is 53.0 Å². The number of alkyl halides is 6. The molecule has 1 N–H and O–H groups in total. The lowest BCUT2D eigenvalue weighted by Gasteiger charge is -2.32. The zero-order valence-corrected chi connectivity index (χ0v) is 21.1. The normalized spacial score (nSPS) is 20.3. The van der Waals surface area contributed by atoms with Crippen LogP contribution in [0.3, 0.4) is 0 Å². The van der Waals surface area contributed by atoms with Crippen molar-refractivity contribution in [2.75, 3.05) is 11.9 Å². The van der Waals surface area contributed by atoms with Crippen LogP contribution in [0.4, 0.5) is 37.8 Å². The highest BCUT2D eigenvalue weighted by atomic mass is 19.4. The fourth-order valence-electron chi connectivity index (χ4n) is 3.99. The lowest BCUT2D eigenvalue weighted by molar-refractivity contribution is -0.384. The summed E-state index contributed by atoms with van der Waals surface area (Å²) >= 11 is 0. The molecule has 0 saturated carbocycles. The number of nitrogens with one attached hydrogen (secondary N) is 1. The fraction of sp³-hybridized carbons (Fsp3) is 0.400. The molecule has 0 saturated heterocycles. The highest BCUT2D eigenvalue weighted by Gasteiger charge is 2.61. The Balaban J connectivity index is 1.94. The summed E-state index contributed by atoms with van der Waals surface area (Å²) in [7, 11) is 0. The maximum absolute atomic E-state index is 14.8. The number of allylic oxidation sites excluding steroid dienone is 1. The molecule has 1 aliphatic rings. The molecular weight excluding hydrogens is 548 g/mol. The molecule has 1 aliphatic heterocycles. The second-order valence-corrected chi connectivity index (χ2v) is 9.92. The fourth-order valence-corrected chi connectivity index (χ4v) is 3.99. The van der Waals surface area contributed by atoms with Gasteiger partial charge in [-0.15, -0.1) is 10.2 Å². The van der Waals surface area contributed by atoms with Gasteiger partial charge in [-0.3, -0.25) is 10.1 Å². The molecule has 4 bridgehead atoms. The molecule has 3 aromatic rings. The number of anilines is 1. The topological polar surface area (TPSA) is 116 Å². The van der Waals surface area contributed by atoms with Gasteiger partial charge in [0.15, 0.2) is 0 Å². The first-order chi connectivity index (χ1) is 18.6. The first-order valence-electron chi connectivity index (χ1n) is 11.9. The van der Waals surface area contributed by atoms with E-state index < -0.39 is 75.9 Å². The largest absolute Gasteiger partial charge is 0.426 e. The van der Waals surface area contributed by atoms with E-state index in [1.54, 1.807) is 44.2 Å². The van der Waals surface area contributed by atoms with Crippen molar-refractivity contribution >= 4 is 11.5 Å². The molecule has 1 unspecified atom stereocenters. The average Bonchev–Trinajstić information content (AvgIpc) is 3.36. The molecule has 40 heavy (non-hydrogen) atoms. The molecule has 0 radical (unpaired) electrons. The smallest absolute Gasteiger partial charge is 0.415 e. The molecule has 0 amide bonds. The van der Waals surface area contributed by atoms with Crippen LogP contribution in [0.2, 0.25) is 0 Å². The summed E-state index contributed by atoms with van der Waals surface area (Å²) in [5, 5.41) is 21.3. The van der Waals surface area contributed by atoms with E-state index in [0.717, 1.165) is 0 Å². The van der Waals surface area contributed by atoms with E-state index in [0.29, 0.717) is 5.56 Å². The molecule has 0 aliphatic carbocycles. The number of nitro groups is 1. The van der Waals surface area contributed by atoms with Crippen LogP contribution in [0, 0.1) is 15.5 Å². The molecule has 3 heterocycles. The van der Waals surface area contributed by atoms with Crippen molar-refractivity contribution in [3.8, 4) is 11.6 Å². The molecule has 2 aromatic heterocycles. The number of hydrogen-bond acceptors (Lipinski definition) is 8. The Kier molecular flexibility index (Phi) is 7.62. The van der Waals surface area contributed by atoms with Crippen LogP contribution in [0.1, 0.15) is 43.7 Å². The number of fused-ring (bicyclic) bond motifs is 5. The van der Waals surface area contributed by atoms with Gasteiger partial charge in [0, 0.05) is 19.0 Å². The van der Waals surface area contributed by atoms with E-state index in [1.165, 1.54) is 12.2 Å². The minimum absolute atomic E-state index is 0.103. The first kappa shape index (κ1) is 29.0. The Hall–Kier alpha value is -4.01. The summed E-state index contributed by atoms with van der Waals surface area (Å²) < 4.78 is 96.4. The van der Waals surface area contributed by atoms with Crippen molar-refractivity contribution in [2.24, 2.45) is 5.41 Å². The van der Waals surface area contributed by atoms with Crippen LogP contribution in [0.5, 0.6) is 0 Å². The van der Waals surface area contributed by atoms with E-state index >= 15 is 0 Å². The van der Waals surface area contributed by atoms with Gasteiger partial charge in [-0.25, -0.2) is 4.98 Å². The molecule has 214 valence electrons. The molecule has 4 rings (SSSR count). The van der Waals surface area contributed by atoms with Crippen LogP contribution in [-0.2, 0) is 23.1 Å². The molecule has 0 fully saturated rings. The summed E-state index contributed by atoms with van der Waals surface area (Å²) in [4.78, 5) is 14.3. The number of hydrogen-bond donors (Lipinski definition) is 1. The zero-order chi connectivity index (χ0) is 29.3. The number of rotatable bonds is 4. The third-order valence-electron chi connectivity index (χ3n) is 6.24. The lowest BCUT2D eigenvalue weighted by atomic mass is 9.88. The highest BCUT2D eigenvalue weighted by molar-refractivity contribution is 5.68. The average molecular weight is 571 g/mol. The van der Waals surface area contributed by atoms with Gasteiger partial charge in [0.1, 0.15) is 11.4 Å². The number of pyridine rings is 1. The summed E-state index contributed by atoms with van der Waals surface area (Å²) in [5.41, 5.74) is -6.97. The molecule has 1 aromatic carbocycles. The van der Waals surface area contributed by atoms with Gasteiger partial charge in [0.2, 0.25) is 11.3 Å². The quantitative estimate of drug-likeness (QED) is 0.157. The van der Waals surface area contributed by atoms with Crippen molar-refractivity contribution in [1.29, 1.82) is 0 Å². The van der Waals surface area contributed by atoms with Gasteiger partial charge < -0.3 is 14.5 Å². The molecular formula is C25H23F6N5O4. The minimum Gasteiger partial charge on any atom is -0.415 e. The van der Waals surface area contributed by atoms with Crippen molar-refractivity contribution in [2.45, 2.75) is 51.2 Å². The van der Waals surface area contributed by atoms with Crippen LogP contribution in [0.25, 0.3) is 11.6 Å². The van der Waals surface area contributed by atoms with Crippen molar-refractivity contribution in [3.63, 3.8) is 0 Å². The van der Waals surface area contributed by atoms with E-state index in [1.807, 2.05) is 0 Å². The zero-order valence-electron chi connectivity index (χ0n) is 21.1. The van der Waals surface area contributed by atoms with Gasteiger partial charge in [-0.1, -0.05) is 56.3 Å². The Morgan fingerprint density at radius 3 is 2.38 bits per heavy atom. The standard InChI is InChI=1S/C25H23F6N5O4/c1-22(2)10-6-7-11-23(25(29,30)31,39-13-15-8-4-3-5-9-15)21-35-34-20(40-21)18-17(36(37)38)12-16(24(26,27)28)19(33-18)32-14-22/h3-9,12H,10-11,13-14H2,1-2H3,(H,32,33)/b7-6-. The van der Waals surface area contributed by atoms with Crippen LogP contribution >= 0.6 is 0 Å². The lowest BCUT2D eigenvalue weighted by Crippen LogP contribution is -2.45. The second-order valence-electron chi connectivity index (χ2n) is 9.92. The van der Waals surface area contributed by atoms with Gasteiger partial charge >= 0.3 is 18.0 Å². The van der Waals surface area contributed by atoms with E-state index in [-0.39, 0.29) is 19.0 Å². The van der Waals surface area contributed by atoms with Crippen molar-refractivity contribution < 1.29 is 40.4 Å². The Bertz CT molecular complexity index is 1400. The summed E-state index contributed by atoms with van der Waals surface area (Å²) in [6, 6.07) is 8.23. The maximum atomic E-state index is 14.8. The number of nitrogens with zero attached hydrogens (tertiary/aromatic N) is 4. The third kappa shape index (κ3) is 5.93. The summed E-state index contributed by atoms with van der Waals surface area (Å²) in [5.74, 6) is -2.74. The summed E-state index contributed by atoms with van der Waals surface area (Å²) in [6.07, 6.45) is -8.11. The Labute approximate surface area is 223 Å². The first-order valence-corrected chi connectivity index (χ1v) is 11.9. The van der Waals surface area contributed by atoms with Crippen LogP contribution < -0.4 is 5.32 Å². The minimum atomic E-state index is -5.12. The van der Waals surface area contributed by atoms with Gasteiger partial charge in [0.05, 0.1) is 11.5 Å². The van der Waals surface area contributed by atoms with Crippen LogP contribution in [-0.4, -0.2) is 32.8 Å². The molecule has 15 heteroatoms. The van der Waals surface area contributed by atoms with E-state index in [9.17, 15) is 36.5 Å². The Morgan fingerprint density at radius 2 is 1.75 bits per heavy atom. The van der Waals surface area contributed by atoms with Crippen molar-refractivity contribution in [1.82, 2.24) is 15.2 Å². The number of halogens is 6. The number of benzene rings is 1. The Morgan fingerprint density at radius 1 is 1.07 bits per heavy atom. The summed E-state index contributed by atoms with van der Waals surface area (Å²) in [6.45, 7) is 2.75. The maximum Gasteiger partial charge on any atom is 0.426 e. The number of ether oxygens (including phenoxy) is 1. The third-order valence-corrected chi connectivity index (χ3v) is 6.24. The molecule has 1 atom stereocenters. The highest BCUT2D eigenvalue weighted by Crippen LogP contribution is 2.47.